The molecular formula is C25H29N3O3. The van der Waals surface area contributed by atoms with E-state index < -0.39 is 6.04 Å². The van der Waals surface area contributed by atoms with Gasteiger partial charge in [0.05, 0.1) is 7.11 Å². The lowest BCUT2D eigenvalue weighted by molar-refractivity contribution is -0.121. The average molecular weight is 420 g/mol. The van der Waals surface area contributed by atoms with Gasteiger partial charge in [0.15, 0.2) is 5.78 Å². The number of aryl methyl sites for hydroxylation is 2. The molecule has 6 nitrogen and oxygen atoms in total. The number of carbonyl (C=O) groups is 2. The number of benzene rings is 2. The van der Waals surface area contributed by atoms with Crippen LogP contribution < -0.4 is 10.1 Å². The van der Waals surface area contributed by atoms with E-state index in [0.29, 0.717) is 5.56 Å². The third-order valence-electron chi connectivity index (χ3n) is 5.26. The zero-order chi connectivity index (χ0) is 22.2. The molecule has 0 radical (unpaired) electrons. The van der Waals surface area contributed by atoms with Gasteiger partial charge in [0, 0.05) is 37.8 Å². The van der Waals surface area contributed by atoms with Gasteiger partial charge in [-0.05, 0) is 29.7 Å². The third-order valence-corrected chi connectivity index (χ3v) is 5.26. The van der Waals surface area contributed by atoms with E-state index in [9.17, 15) is 9.59 Å². The molecule has 0 spiro atoms. The minimum atomic E-state index is -0.415. The lowest BCUT2D eigenvalue weighted by Crippen LogP contribution is -2.31. The summed E-state index contributed by atoms with van der Waals surface area (Å²) in [6.07, 6.45) is 5.88. The van der Waals surface area contributed by atoms with Gasteiger partial charge in [-0.15, -0.1) is 0 Å². The summed E-state index contributed by atoms with van der Waals surface area (Å²) in [6.45, 7) is 2.13. The van der Waals surface area contributed by atoms with Crippen LogP contribution in [0.4, 0.5) is 0 Å². The smallest absolute Gasteiger partial charge is 0.221 e. The van der Waals surface area contributed by atoms with E-state index in [1.165, 1.54) is 5.56 Å². The molecule has 1 heterocycles. The number of hydrogen-bond acceptors (Lipinski definition) is 4. The number of carbonyl (C=O) groups excluding carboxylic acids is 2. The highest BCUT2D eigenvalue weighted by atomic mass is 16.5. The van der Waals surface area contributed by atoms with Gasteiger partial charge < -0.3 is 14.6 Å². The highest BCUT2D eigenvalue weighted by Crippen LogP contribution is 2.23. The molecule has 162 valence electrons. The Bertz CT molecular complexity index is 1010. The van der Waals surface area contributed by atoms with Gasteiger partial charge >= 0.3 is 0 Å². The van der Waals surface area contributed by atoms with Crippen molar-refractivity contribution in [1.82, 2.24) is 14.9 Å². The van der Waals surface area contributed by atoms with Crippen LogP contribution in [-0.2, 0) is 18.3 Å². The first-order chi connectivity index (χ1) is 15.0. The number of hydrogen-bond donors (Lipinski definition) is 1. The Hall–Kier alpha value is -3.41. The quantitative estimate of drug-likeness (QED) is 0.499. The number of Topliss-reactive ketones (excluding diaryl/α,β-unsaturated/α-hetero) is 1. The number of nitrogens with one attached hydrogen (secondary N) is 1. The molecule has 0 fully saturated rings. The Morgan fingerprint density at radius 1 is 1.06 bits per heavy atom. The van der Waals surface area contributed by atoms with E-state index in [1.54, 1.807) is 13.3 Å². The van der Waals surface area contributed by atoms with Gasteiger partial charge in [-0.3, -0.25) is 9.59 Å². The molecular weight excluding hydrogens is 390 g/mol. The van der Waals surface area contributed by atoms with E-state index in [4.69, 9.17) is 4.74 Å². The van der Waals surface area contributed by atoms with Crippen molar-refractivity contribution in [2.45, 2.75) is 38.6 Å². The first-order valence-electron chi connectivity index (χ1n) is 10.5. The highest BCUT2D eigenvalue weighted by molar-refractivity contribution is 5.98. The van der Waals surface area contributed by atoms with Gasteiger partial charge in [0.2, 0.25) is 5.91 Å². The molecule has 0 aliphatic carbocycles. The molecule has 6 heteroatoms. The number of imidazole rings is 1. The van der Waals surface area contributed by atoms with Crippen molar-refractivity contribution in [3.05, 3.63) is 83.4 Å². The number of rotatable bonds is 10. The Labute approximate surface area is 183 Å². The SMILES string of the molecule is CCCc1ccc(C(=O)CCC(=O)NC(c2ccc(OC)cc2)c2nccn2C)cc1. The summed E-state index contributed by atoms with van der Waals surface area (Å²) in [7, 11) is 3.50. The highest BCUT2D eigenvalue weighted by Gasteiger charge is 2.21. The summed E-state index contributed by atoms with van der Waals surface area (Å²) >= 11 is 0. The van der Waals surface area contributed by atoms with E-state index in [1.807, 2.05) is 66.3 Å². The van der Waals surface area contributed by atoms with Crippen LogP contribution in [0.1, 0.15) is 59.5 Å². The van der Waals surface area contributed by atoms with Gasteiger partial charge in [0.25, 0.3) is 0 Å². The molecule has 3 aromatic rings. The maximum Gasteiger partial charge on any atom is 0.221 e. The van der Waals surface area contributed by atoms with Crippen molar-refractivity contribution >= 4 is 11.7 Å². The molecule has 1 amide bonds. The normalized spacial score (nSPS) is 11.7. The summed E-state index contributed by atoms with van der Waals surface area (Å²) in [5.74, 6) is 1.23. The number of aromatic nitrogens is 2. The van der Waals surface area contributed by atoms with Crippen molar-refractivity contribution in [1.29, 1.82) is 0 Å². The minimum absolute atomic E-state index is 0.0313. The van der Waals surface area contributed by atoms with Crippen molar-refractivity contribution in [3.8, 4) is 5.75 Å². The maximum atomic E-state index is 12.7. The summed E-state index contributed by atoms with van der Waals surface area (Å²) < 4.78 is 7.10. The Kier molecular flexibility index (Phi) is 7.60. The van der Waals surface area contributed by atoms with Crippen LogP contribution in [0.2, 0.25) is 0 Å². The van der Waals surface area contributed by atoms with Crippen LogP contribution in [0.15, 0.2) is 60.9 Å². The second-order valence-corrected chi connectivity index (χ2v) is 7.54. The van der Waals surface area contributed by atoms with Crippen LogP contribution in [0, 0.1) is 0 Å². The van der Waals surface area contributed by atoms with Crippen molar-refractivity contribution in [2.24, 2.45) is 7.05 Å². The van der Waals surface area contributed by atoms with E-state index >= 15 is 0 Å². The number of ketones is 1. The second-order valence-electron chi connectivity index (χ2n) is 7.54. The van der Waals surface area contributed by atoms with Gasteiger partial charge in [-0.2, -0.15) is 0 Å². The Balaban J connectivity index is 1.66. The number of ether oxygens (including phenoxy) is 1. The fourth-order valence-corrected chi connectivity index (χ4v) is 3.50. The fourth-order valence-electron chi connectivity index (χ4n) is 3.50. The van der Waals surface area contributed by atoms with E-state index in [0.717, 1.165) is 30.0 Å². The molecule has 3 rings (SSSR count). The molecule has 31 heavy (non-hydrogen) atoms. The Morgan fingerprint density at radius 3 is 2.35 bits per heavy atom. The molecule has 1 atom stereocenters. The van der Waals surface area contributed by atoms with E-state index in [2.05, 4.69) is 17.2 Å². The monoisotopic (exact) mass is 419 g/mol. The number of nitrogens with zero attached hydrogens (tertiary/aromatic N) is 2. The lowest BCUT2D eigenvalue weighted by Gasteiger charge is -2.19. The molecule has 1 N–H and O–H groups in total. The fraction of sp³-hybridized carbons (Fsp3) is 0.320. The van der Waals surface area contributed by atoms with Gasteiger partial charge in [0.1, 0.15) is 17.6 Å². The van der Waals surface area contributed by atoms with Crippen LogP contribution in [-0.4, -0.2) is 28.4 Å². The van der Waals surface area contributed by atoms with Crippen LogP contribution in [0.5, 0.6) is 5.75 Å². The largest absolute Gasteiger partial charge is 0.497 e. The predicted molar refractivity (Wildman–Crippen MR) is 120 cm³/mol. The molecule has 0 saturated carbocycles. The summed E-state index contributed by atoms with van der Waals surface area (Å²) in [5.41, 5.74) is 2.75. The van der Waals surface area contributed by atoms with Gasteiger partial charge in [-0.25, -0.2) is 4.98 Å². The molecule has 0 bridgehead atoms. The topological polar surface area (TPSA) is 73.2 Å². The maximum absolute atomic E-state index is 12.7. The summed E-state index contributed by atoms with van der Waals surface area (Å²) in [6, 6.07) is 14.8. The predicted octanol–water partition coefficient (Wildman–Crippen LogP) is 4.25. The van der Waals surface area contributed by atoms with Crippen LogP contribution >= 0.6 is 0 Å². The van der Waals surface area contributed by atoms with E-state index in [-0.39, 0.29) is 24.5 Å². The zero-order valence-corrected chi connectivity index (χ0v) is 18.3. The Morgan fingerprint density at radius 2 is 1.77 bits per heavy atom. The summed E-state index contributed by atoms with van der Waals surface area (Å²) in [5, 5.41) is 3.03. The molecule has 0 aliphatic rings. The van der Waals surface area contributed by atoms with Crippen molar-refractivity contribution in [2.75, 3.05) is 7.11 Å². The third kappa shape index (κ3) is 5.81. The molecule has 2 aromatic carbocycles. The van der Waals surface area contributed by atoms with Gasteiger partial charge in [-0.1, -0.05) is 49.7 Å². The molecule has 1 aromatic heterocycles. The second kappa shape index (κ2) is 10.6. The van der Waals surface area contributed by atoms with Crippen molar-refractivity contribution < 1.29 is 14.3 Å². The van der Waals surface area contributed by atoms with Crippen LogP contribution in [0.3, 0.4) is 0 Å². The van der Waals surface area contributed by atoms with Crippen LogP contribution in [0.25, 0.3) is 0 Å². The summed E-state index contributed by atoms with van der Waals surface area (Å²) in [4.78, 5) is 29.6. The molecule has 1 unspecified atom stereocenters. The molecule has 0 aliphatic heterocycles. The minimum Gasteiger partial charge on any atom is -0.497 e. The zero-order valence-electron chi connectivity index (χ0n) is 18.3. The first-order valence-corrected chi connectivity index (χ1v) is 10.5. The first kappa shape index (κ1) is 22.3. The lowest BCUT2D eigenvalue weighted by atomic mass is 10.0. The average Bonchev–Trinajstić information content (AvgIpc) is 3.22. The number of amides is 1. The van der Waals surface area contributed by atoms with Crippen molar-refractivity contribution in [3.63, 3.8) is 0 Å². The number of methoxy groups -OCH3 is 1. The molecule has 0 saturated heterocycles. The standard InChI is InChI=1S/C25H29N3O3/c1-4-5-18-6-8-19(9-7-18)22(29)14-15-23(30)27-24(25-26-16-17-28(25)2)20-10-12-21(31-3)13-11-20/h6-13,16-17,24H,4-5,14-15H2,1-3H3,(H,27,30).